The van der Waals surface area contributed by atoms with E-state index in [0.29, 0.717) is 6.61 Å². The number of ether oxygens (including phenoxy) is 2. The predicted octanol–water partition coefficient (Wildman–Crippen LogP) is 3.42. The summed E-state index contributed by atoms with van der Waals surface area (Å²) >= 11 is 3.40. The Kier molecular flexibility index (Phi) is 6.47. The highest BCUT2D eigenvalue weighted by Gasteiger charge is 2.22. The van der Waals surface area contributed by atoms with Crippen molar-refractivity contribution in [3.8, 4) is 0 Å². The molecule has 0 fully saturated rings. The molecule has 1 heterocycles. The van der Waals surface area contributed by atoms with Crippen LogP contribution in [0.3, 0.4) is 0 Å². The molecule has 3 rings (SSSR count). The smallest absolute Gasteiger partial charge is 0.282 e. The lowest BCUT2D eigenvalue weighted by Gasteiger charge is -2.18. The number of carbonyl (C=O) groups excluding carboxylic acids is 1. The number of nitrogens with one attached hydrogen (secondary N) is 1. The molecule has 2 aromatic rings. The third-order valence-electron chi connectivity index (χ3n) is 4.40. The van der Waals surface area contributed by atoms with Gasteiger partial charge in [-0.1, -0.05) is 46.3 Å². The van der Waals surface area contributed by atoms with E-state index in [1.165, 1.54) is 7.11 Å². The molecule has 0 radical (unpaired) electrons. The fourth-order valence-electron chi connectivity index (χ4n) is 3.00. The van der Waals surface area contributed by atoms with E-state index >= 15 is 0 Å². The summed E-state index contributed by atoms with van der Waals surface area (Å²) < 4.78 is 11.6. The summed E-state index contributed by atoms with van der Waals surface area (Å²) in [5.41, 5.74) is 8.17. The number of benzene rings is 2. The van der Waals surface area contributed by atoms with Gasteiger partial charge in [-0.25, -0.2) is 4.99 Å². The van der Waals surface area contributed by atoms with Crippen LogP contribution in [0, 0.1) is 0 Å². The third kappa shape index (κ3) is 5.08. The lowest BCUT2D eigenvalue weighted by Crippen LogP contribution is -2.23. The number of hydrogen-bond acceptors (Lipinski definition) is 5. The zero-order valence-corrected chi connectivity index (χ0v) is 16.6. The lowest BCUT2D eigenvalue weighted by atomic mass is 10.0. The fraction of sp³-hybridized carbons (Fsp3) is 0.300. The van der Waals surface area contributed by atoms with Gasteiger partial charge in [-0.3, -0.25) is 4.79 Å². The molecule has 0 saturated heterocycles. The zero-order valence-electron chi connectivity index (χ0n) is 15.0. The van der Waals surface area contributed by atoms with Crippen LogP contribution in [0.1, 0.15) is 23.7 Å². The number of rotatable bonds is 7. The maximum atomic E-state index is 12.8. The molecule has 0 aromatic heterocycles. The average molecular weight is 432 g/mol. The summed E-state index contributed by atoms with van der Waals surface area (Å²) in [4.78, 5) is 17.0. The molecule has 2 aromatic carbocycles. The van der Waals surface area contributed by atoms with E-state index in [9.17, 15) is 4.79 Å². The summed E-state index contributed by atoms with van der Waals surface area (Å²) in [6, 6.07) is 15.6. The Labute approximate surface area is 166 Å². The number of aryl methyl sites for hydroxylation is 1. The molecule has 27 heavy (non-hydrogen) atoms. The highest BCUT2D eigenvalue weighted by Crippen LogP contribution is 2.24. The van der Waals surface area contributed by atoms with E-state index in [2.05, 4.69) is 26.2 Å². The highest BCUT2D eigenvalue weighted by molar-refractivity contribution is 9.10. The van der Waals surface area contributed by atoms with Gasteiger partial charge in [0.1, 0.15) is 6.61 Å². The van der Waals surface area contributed by atoms with Gasteiger partial charge in [-0.2, -0.15) is 0 Å². The third-order valence-corrected chi connectivity index (χ3v) is 4.93. The average Bonchev–Trinajstić information content (AvgIpc) is 3.08. The molecule has 1 unspecified atom stereocenters. The Morgan fingerprint density at radius 3 is 2.74 bits per heavy atom. The van der Waals surface area contributed by atoms with Gasteiger partial charge in [-0.05, 0) is 42.2 Å². The van der Waals surface area contributed by atoms with Crippen LogP contribution < -0.4 is 11.1 Å². The number of carbonyl (C=O) groups is 1. The number of halogens is 1. The zero-order chi connectivity index (χ0) is 19.2. The Morgan fingerprint density at radius 1 is 1.33 bits per heavy atom. The van der Waals surface area contributed by atoms with Crippen molar-refractivity contribution in [1.82, 2.24) is 0 Å². The van der Waals surface area contributed by atoms with E-state index < -0.39 is 6.10 Å². The van der Waals surface area contributed by atoms with Gasteiger partial charge in [0.05, 0.1) is 6.04 Å². The lowest BCUT2D eigenvalue weighted by molar-refractivity contribution is -0.126. The van der Waals surface area contributed by atoms with E-state index in [4.69, 9.17) is 15.2 Å². The van der Waals surface area contributed by atoms with E-state index in [1.807, 2.05) is 48.5 Å². The number of para-hydroxylation sites is 1. The molecule has 6 nitrogen and oxygen atoms in total. The summed E-state index contributed by atoms with van der Waals surface area (Å²) in [5.74, 6) is -0.210. The second kappa shape index (κ2) is 9.01. The molecule has 1 aliphatic heterocycles. The summed E-state index contributed by atoms with van der Waals surface area (Å²) in [7, 11) is 1.53. The quantitative estimate of drug-likeness (QED) is 0.702. The molecule has 3 N–H and O–H groups in total. The number of aliphatic imine (C=N–C) groups is 1. The number of methoxy groups -OCH3 is 1. The van der Waals surface area contributed by atoms with Gasteiger partial charge in [-0.15, -0.1) is 0 Å². The first-order valence-electron chi connectivity index (χ1n) is 8.70. The van der Waals surface area contributed by atoms with Crippen molar-refractivity contribution >= 4 is 33.5 Å². The summed E-state index contributed by atoms with van der Waals surface area (Å²) in [6.07, 6.45) is 0.879. The maximum absolute atomic E-state index is 12.8. The predicted molar refractivity (Wildman–Crippen MR) is 109 cm³/mol. The van der Waals surface area contributed by atoms with Crippen LogP contribution in [0.2, 0.25) is 0 Å². The van der Waals surface area contributed by atoms with Gasteiger partial charge in [0.2, 0.25) is 0 Å². The van der Waals surface area contributed by atoms with Gasteiger partial charge >= 0.3 is 0 Å². The van der Waals surface area contributed by atoms with E-state index in [1.54, 1.807) is 0 Å². The first kappa shape index (κ1) is 19.4. The van der Waals surface area contributed by atoms with Crippen molar-refractivity contribution in [3.05, 3.63) is 64.1 Å². The van der Waals surface area contributed by atoms with E-state index in [0.717, 1.165) is 34.1 Å². The molecule has 0 saturated carbocycles. The molecule has 0 aliphatic carbocycles. The molecule has 0 spiro atoms. The van der Waals surface area contributed by atoms with Crippen LogP contribution in [-0.4, -0.2) is 31.7 Å². The molecule has 2 atom stereocenters. The molecular formula is C20H22BrN3O3. The summed E-state index contributed by atoms with van der Waals surface area (Å²) in [5, 5.41) is 2.99. The van der Waals surface area contributed by atoms with Crippen LogP contribution in [-0.2, 0) is 20.7 Å². The van der Waals surface area contributed by atoms with Gasteiger partial charge < -0.3 is 20.5 Å². The Hall–Kier alpha value is -2.38. The van der Waals surface area contributed by atoms with Crippen LogP contribution >= 0.6 is 15.9 Å². The number of amides is 1. The van der Waals surface area contributed by atoms with Crippen molar-refractivity contribution in [2.24, 2.45) is 10.7 Å². The number of hydrogen-bond donors (Lipinski definition) is 2. The molecule has 142 valence electrons. The molecule has 0 bridgehead atoms. The second-order valence-corrected chi connectivity index (χ2v) is 7.20. The first-order chi connectivity index (χ1) is 13.1. The maximum Gasteiger partial charge on any atom is 0.282 e. The standard InChI is InChI=1S/C20H22BrN3O3/c1-26-18(14-6-9-15(21)10-7-14)19(25)24-17-5-3-2-4-13(17)8-11-16-12-27-20(22)23-16/h2-7,9-10,16,18H,8,11-12H2,1H3,(H2,22,23)(H,24,25)/t16-,18?/m0/s1. The minimum Gasteiger partial charge on any atom is -0.463 e. The van der Waals surface area contributed by atoms with Crippen molar-refractivity contribution < 1.29 is 14.3 Å². The van der Waals surface area contributed by atoms with Crippen LogP contribution in [0.25, 0.3) is 0 Å². The Balaban J connectivity index is 1.68. The minimum absolute atomic E-state index is 0.0586. The molecular weight excluding hydrogens is 410 g/mol. The van der Waals surface area contributed by atoms with Crippen molar-refractivity contribution in [1.29, 1.82) is 0 Å². The Bertz CT molecular complexity index is 823. The van der Waals surface area contributed by atoms with Crippen molar-refractivity contribution in [3.63, 3.8) is 0 Å². The van der Waals surface area contributed by atoms with Crippen LogP contribution in [0.4, 0.5) is 5.69 Å². The van der Waals surface area contributed by atoms with E-state index in [-0.39, 0.29) is 18.0 Å². The van der Waals surface area contributed by atoms with Crippen LogP contribution in [0.5, 0.6) is 0 Å². The minimum atomic E-state index is -0.682. The molecule has 1 aliphatic rings. The number of nitrogens with two attached hydrogens (primary N) is 1. The second-order valence-electron chi connectivity index (χ2n) is 6.28. The normalized spacial score (nSPS) is 17.1. The molecule has 7 heteroatoms. The van der Waals surface area contributed by atoms with Gasteiger partial charge in [0.15, 0.2) is 6.10 Å². The Morgan fingerprint density at radius 2 is 2.07 bits per heavy atom. The number of nitrogens with zero attached hydrogens (tertiary/aromatic N) is 1. The molecule has 1 amide bonds. The summed E-state index contributed by atoms with van der Waals surface area (Å²) in [6.45, 7) is 0.510. The monoisotopic (exact) mass is 431 g/mol. The van der Waals surface area contributed by atoms with Gasteiger partial charge in [0, 0.05) is 17.3 Å². The highest BCUT2D eigenvalue weighted by atomic mass is 79.9. The number of amidine groups is 1. The van der Waals surface area contributed by atoms with Crippen molar-refractivity contribution in [2.75, 3.05) is 19.0 Å². The topological polar surface area (TPSA) is 85.9 Å². The fourth-order valence-corrected chi connectivity index (χ4v) is 3.26. The van der Waals surface area contributed by atoms with Crippen molar-refractivity contribution in [2.45, 2.75) is 25.0 Å². The van der Waals surface area contributed by atoms with Crippen LogP contribution in [0.15, 0.2) is 58.0 Å². The number of anilines is 1. The largest absolute Gasteiger partial charge is 0.463 e. The van der Waals surface area contributed by atoms with Gasteiger partial charge in [0.25, 0.3) is 11.9 Å². The first-order valence-corrected chi connectivity index (χ1v) is 9.49. The SMILES string of the molecule is COC(C(=O)Nc1ccccc1CC[C@H]1COC(N)=N1)c1ccc(Br)cc1.